The maximum Gasteiger partial charge on any atom is 0.0578 e. The molecule has 3 atom stereocenters. The summed E-state index contributed by atoms with van der Waals surface area (Å²) in [5.74, 6) is 0.354. The molecule has 4 nitrogen and oxygen atoms in total. The largest absolute Gasteiger partial charge is 0.395 e. The minimum atomic E-state index is -0.199. The van der Waals surface area contributed by atoms with Gasteiger partial charge in [0.1, 0.15) is 0 Å². The smallest absolute Gasteiger partial charge is 0.0578 e. The number of aliphatic hydroxyl groups excluding tert-OH is 2. The third kappa shape index (κ3) is 4.54. The fourth-order valence-electron chi connectivity index (χ4n) is 2.62. The lowest BCUT2D eigenvalue weighted by Gasteiger charge is -2.41. The Kier molecular flexibility index (Phi) is 6.41. The van der Waals surface area contributed by atoms with Crippen LogP contribution in [0, 0.1) is 5.92 Å². The van der Waals surface area contributed by atoms with Crippen LogP contribution in [-0.2, 0) is 0 Å². The average Bonchev–Trinajstić information content (AvgIpc) is 2.34. The van der Waals surface area contributed by atoms with E-state index in [0.29, 0.717) is 24.5 Å². The normalized spacial score (nSPS) is 28.6. The topological polar surface area (TPSA) is 55.7 Å². The highest BCUT2D eigenvalue weighted by molar-refractivity contribution is 4.87. The first-order valence-electron chi connectivity index (χ1n) is 6.84. The van der Waals surface area contributed by atoms with Crippen molar-refractivity contribution in [2.45, 2.75) is 51.8 Å². The van der Waals surface area contributed by atoms with Crippen LogP contribution < -0.4 is 5.32 Å². The van der Waals surface area contributed by atoms with Crippen LogP contribution >= 0.6 is 0 Å². The molecule has 3 unspecified atom stereocenters. The number of rotatable bonds is 6. The number of hydrogen-bond acceptors (Lipinski definition) is 4. The summed E-state index contributed by atoms with van der Waals surface area (Å²) in [4.78, 5) is 2.42. The van der Waals surface area contributed by atoms with E-state index in [-0.39, 0.29) is 12.7 Å². The van der Waals surface area contributed by atoms with Gasteiger partial charge in [-0.1, -0.05) is 6.92 Å². The Morgan fingerprint density at radius 2 is 2.06 bits per heavy atom. The van der Waals surface area contributed by atoms with Gasteiger partial charge in [-0.25, -0.2) is 0 Å². The van der Waals surface area contributed by atoms with Crippen LogP contribution in [0.25, 0.3) is 0 Å². The summed E-state index contributed by atoms with van der Waals surface area (Å²) >= 11 is 0. The average molecular weight is 244 g/mol. The maximum atomic E-state index is 10.0. The molecule has 1 aliphatic rings. The minimum absolute atomic E-state index is 0.180. The van der Waals surface area contributed by atoms with Crippen LogP contribution in [0.3, 0.4) is 0 Å². The summed E-state index contributed by atoms with van der Waals surface area (Å²) in [5.41, 5.74) is 0. The van der Waals surface area contributed by atoms with Gasteiger partial charge in [-0.05, 0) is 32.6 Å². The van der Waals surface area contributed by atoms with Gasteiger partial charge in [-0.15, -0.1) is 0 Å². The Bertz CT molecular complexity index is 212. The van der Waals surface area contributed by atoms with Crippen molar-refractivity contribution in [2.24, 2.45) is 5.92 Å². The van der Waals surface area contributed by atoms with Crippen molar-refractivity contribution in [3.63, 3.8) is 0 Å². The standard InChI is InChI=1S/C13H28N2O2/c1-4-13(17)11-7-12(14-5-6-16)9-15(8-11)10(2)3/h10-14,16-17H,4-9H2,1-3H3. The van der Waals surface area contributed by atoms with Crippen LogP contribution in [0.1, 0.15) is 33.6 Å². The van der Waals surface area contributed by atoms with Crippen molar-refractivity contribution in [2.75, 3.05) is 26.2 Å². The second-order valence-corrected chi connectivity index (χ2v) is 5.39. The fraction of sp³-hybridized carbons (Fsp3) is 1.00. The van der Waals surface area contributed by atoms with Crippen molar-refractivity contribution in [3.8, 4) is 0 Å². The van der Waals surface area contributed by atoms with E-state index < -0.39 is 0 Å². The van der Waals surface area contributed by atoms with E-state index in [0.717, 1.165) is 25.9 Å². The third-order valence-electron chi connectivity index (χ3n) is 3.75. The minimum Gasteiger partial charge on any atom is -0.395 e. The van der Waals surface area contributed by atoms with E-state index in [1.165, 1.54) is 0 Å². The molecule has 0 spiro atoms. The first kappa shape index (κ1) is 14.9. The zero-order valence-electron chi connectivity index (χ0n) is 11.4. The van der Waals surface area contributed by atoms with E-state index in [2.05, 4.69) is 24.1 Å². The summed E-state index contributed by atoms with van der Waals surface area (Å²) < 4.78 is 0. The van der Waals surface area contributed by atoms with Gasteiger partial charge in [0.25, 0.3) is 0 Å². The zero-order chi connectivity index (χ0) is 12.8. The molecule has 0 saturated carbocycles. The van der Waals surface area contributed by atoms with Crippen LogP contribution in [0.2, 0.25) is 0 Å². The molecule has 1 heterocycles. The molecule has 0 aromatic rings. The van der Waals surface area contributed by atoms with Gasteiger partial charge in [0.15, 0.2) is 0 Å². The molecule has 0 aromatic carbocycles. The summed E-state index contributed by atoms with van der Waals surface area (Å²) in [6, 6.07) is 0.907. The number of hydrogen-bond donors (Lipinski definition) is 3. The predicted octanol–water partition coefficient (Wildman–Crippen LogP) is 0.438. The molecule has 4 heteroatoms. The van der Waals surface area contributed by atoms with Crippen molar-refractivity contribution in [1.82, 2.24) is 10.2 Å². The SMILES string of the molecule is CCC(O)C1CC(NCCO)CN(C(C)C)C1. The molecule has 0 aliphatic carbocycles. The molecular formula is C13H28N2O2. The van der Waals surface area contributed by atoms with Gasteiger partial charge in [0.2, 0.25) is 0 Å². The highest BCUT2D eigenvalue weighted by atomic mass is 16.3. The Morgan fingerprint density at radius 3 is 2.59 bits per heavy atom. The van der Waals surface area contributed by atoms with Gasteiger partial charge < -0.3 is 15.5 Å². The Balaban J connectivity index is 2.55. The Labute approximate surface area is 105 Å². The summed E-state index contributed by atoms with van der Waals surface area (Å²) in [6.07, 6.45) is 1.64. The number of likely N-dealkylation sites (tertiary alicyclic amines) is 1. The van der Waals surface area contributed by atoms with E-state index in [1.807, 2.05) is 6.92 Å². The van der Waals surface area contributed by atoms with E-state index in [4.69, 9.17) is 5.11 Å². The number of piperidine rings is 1. The first-order chi connectivity index (χ1) is 8.08. The highest BCUT2D eigenvalue weighted by Crippen LogP contribution is 2.23. The molecule has 1 aliphatic heterocycles. The number of nitrogens with zero attached hydrogens (tertiary/aromatic N) is 1. The highest BCUT2D eigenvalue weighted by Gasteiger charge is 2.31. The molecule has 0 aromatic heterocycles. The van der Waals surface area contributed by atoms with Gasteiger partial charge in [-0.2, -0.15) is 0 Å². The third-order valence-corrected chi connectivity index (χ3v) is 3.75. The molecule has 102 valence electrons. The Morgan fingerprint density at radius 1 is 1.35 bits per heavy atom. The zero-order valence-corrected chi connectivity index (χ0v) is 11.4. The molecule has 0 amide bonds. The van der Waals surface area contributed by atoms with Crippen LogP contribution in [0.5, 0.6) is 0 Å². The van der Waals surface area contributed by atoms with E-state index in [1.54, 1.807) is 0 Å². The lowest BCUT2D eigenvalue weighted by molar-refractivity contribution is 0.0240. The second kappa shape index (κ2) is 7.31. The quantitative estimate of drug-likeness (QED) is 0.634. The van der Waals surface area contributed by atoms with Crippen LogP contribution in [0.4, 0.5) is 0 Å². The molecule has 1 rings (SSSR count). The molecule has 17 heavy (non-hydrogen) atoms. The molecule has 3 N–H and O–H groups in total. The summed E-state index contributed by atoms with van der Waals surface area (Å²) in [5, 5.41) is 22.3. The number of aliphatic hydroxyl groups is 2. The van der Waals surface area contributed by atoms with E-state index in [9.17, 15) is 5.11 Å². The molecule has 0 radical (unpaired) electrons. The molecule has 1 fully saturated rings. The second-order valence-electron chi connectivity index (χ2n) is 5.39. The first-order valence-corrected chi connectivity index (χ1v) is 6.84. The van der Waals surface area contributed by atoms with Crippen molar-refractivity contribution in [3.05, 3.63) is 0 Å². The van der Waals surface area contributed by atoms with Gasteiger partial charge >= 0.3 is 0 Å². The van der Waals surface area contributed by atoms with Crippen molar-refractivity contribution >= 4 is 0 Å². The van der Waals surface area contributed by atoms with Crippen LogP contribution in [0.15, 0.2) is 0 Å². The monoisotopic (exact) mass is 244 g/mol. The van der Waals surface area contributed by atoms with Crippen LogP contribution in [-0.4, -0.2) is 59.5 Å². The molecule has 1 saturated heterocycles. The van der Waals surface area contributed by atoms with E-state index >= 15 is 0 Å². The number of nitrogens with one attached hydrogen (secondary N) is 1. The maximum absolute atomic E-state index is 10.0. The molecule has 0 bridgehead atoms. The predicted molar refractivity (Wildman–Crippen MR) is 70.0 cm³/mol. The Hall–Kier alpha value is -0.160. The summed E-state index contributed by atoms with van der Waals surface area (Å²) in [6.45, 7) is 9.27. The lowest BCUT2D eigenvalue weighted by atomic mass is 9.88. The lowest BCUT2D eigenvalue weighted by Crippen LogP contribution is -2.54. The van der Waals surface area contributed by atoms with Crippen molar-refractivity contribution < 1.29 is 10.2 Å². The van der Waals surface area contributed by atoms with Gasteiger partial charge in [0, 0.05) is 31.7 Å². The van der Waals surface area contributed by atoms with Gasteiger partial charge in [-0.3, -0.25) is 4.90 Å². The van der Waals surface area contributed by atoms with Crippen molar-refractivity contribution in [1.29, 1.82) is 0 Å². The fourth-order valence-corrected chi connectivity index (χ4v) is 2.62. The summed E-state index contributed by atoms with van der Waals surface area (Å²) in [7, 11) is 0. The molecular weight excluding hydrogens is 216 g/mol. The van der Waals surface area contributed by atoms with Gasteiger partial charge in [0.05, 0.1) is 12.7 Å².